The topological polar surface area (TPSA) is 65.4 Å². The molecule has 7 heteroatoms. The maximum absolute atomic E-state index is 12.0. The highest BCUT2D eigenvalue weighted by Crippen LogP contribution is 2.15. The Hall–Kier alpha value is -1.70. The average molecular weight is 366 g/mol. The van der Waals surface area contributed by atoms with Gasteiger partial charge >= 0.3 is 0 Å². The average Bonchev–Trinajstić information content (AvgIpc) is 3.04. The van der Waals surface area contributed by atoms with Crippen LogP contribution in [0.1, 0.15) is 29.6 Å². The molecule has 0 bridgehead atoms. The molecule has 1 saturated heterocycles. The Bertz CT molecular complexity index is 636. The summed E-state index contributed by atoms with van der Waals surface area (Å²) in [5.74, 6) is -0.336. The van der Waals surface area contributed by atoms with Crippen molar-refractivity contribution in [1.29, 1.82) is 0 Å². The van der Waals surface area contributed by atoms with Gasteiger partial charge in [0, 0.05) is 23.7 Å². The molecule has 2 aromatic rings. The van der Waals surface area contributed by atoms with Gasteiger partial charge in [0.25, 0.3) is 5.91 Å². The molecular formula is C15H16BrN3O3. The van der Waals surface area contributed by atoms with Gasteiger partial charge in [-0.05, 0) is 37.1 Å². The van der Waals surface area contributed by atoms with Gasteiger partial charge in [-0.15, -0.1) is 0 Å². The summed E-state index contributed by atoms with van der Waals surface area (Å²) < 4.78 is 8.01. The number of halogens is 1. The Kier molecular flexibility index (Phi) is 4.87. The maximum atomic E-state index is 12.0. The minimum Gasteiger partial charge on any atom is -0.350 e. The lowest BCUT2D eigenvalue weighted by Crippen LogP contribution is -2.32. The third-order valence-corrected chi connectivity index (χ3v) is 3.89. The first-order chi connectivity index (χ1) is 10.7. The largest absolute Gasteiger partial charge is 0.350 e. The second-order valence-electron chi connectivity index (χ2n) is 5.00. The number of aromatic nitrogens is 2. The van der Waals surface area contributed by atoms with Crippen LogP contribution in [0.15, 0.2) is 41.1 Å². The molecule has 1 N–H and O–H groups in total. The van der Waals surface area contributed by atoms with Gasteiger partial charge in [-0.25, -0.2) is 15.0 Å². The van der Waals surface area contributed by atoms with E-state index in [0.717, 1.165) is 29.4 Å². The number of hydrogen-bond acceptors (Lipinski definition) is 4. The van der Waals surface area contributed by atoms with Crippen molar-refractivity contribution >= 4 is 21.8 Å². The van der Waals surface area contributed by atoms with Gasteiger partial charge in [0.05, 0.1) is 17.4 Å². The molecule has 1 fully saturated rings. The van der Waals surface area contributed by atoms with Crippen LogP contribution in [-0.2, 0) is 9.57 Å². The molecule has 0 aliphatic carbocycles. The van der Waals surface area contributed by atoms with E-state index in [9.17, 15) is 4.79 Å². The number of carbonyl (C=O) groups is 1. The fourth-order valence-corrected chi connectivity index (χ4v) is 2.42. The molecule has 0 spiro atoms. The standard InChI is InChI=1S/C15H16BrN3O3/c16-12-4-6-13(7-5-12)19-10-11(9-17-19)15(20)18-22-14-3-1-2-8-21-14/h4-7,9-10,14H,1-3,8H2,(H,18,20). The first-order valence-corrected chi connectivity index (χ1v) is 7.90. The number of amides is 1. The molecule has 2 heterocycles. The predicted molar refractivity (Wildman–Crippen MR) is 83.4 cm³/mol. The van der Waals surface area contributed by atoms with E-state index in [1.54, 1.807) is 10.9 Å². The van der Waals surface area contributed by atoms with Gasteiger partial charge in [-0.3, -0.25) is 4.79 Å². The van der Waals surface area contributed by atoms with Crippen LogP contribution in [0.5, 0.6) is 0 Å². The first kappa shape index (κ1) is 15.2. The van der Waals surface area contributed by atoms with Crippen molar-refractivity contribution in [1.82, 2.24) is 15.3 Å². The lowest BCUT2D eigenvalue weighted by atomic mass is 10.2. The van der Waals surface area contributed by atoms with Crippen LogP contribution in [0.4, 0.5) is 0 Å². The number of hydroxylamine groups is 1. The molecule has 6 nitrogen and oxygen atoms in total. The number of carbonyl (C=O) groups excluding carboxylic acids is 1. The Morgan fingerprint density at radius 1 is 1.36 bits per heavy atom. The fraction of sp³-hybridized carbons (Fsp3) is 0.333. The van der Waals surface area contributed by atoms with E-state index in [-0.39, 0.29) is 12.2 Å². The molecule has 1 unspecified atom stereocenters. The number of ether oxygens (including phenoxy) is 1. The Morgan fingerprint density at radius 2 is 2.18 bits per heavy atom. The SMILES string of the molecule is O=C(NOC1CCCCO1)c1cnn(-c2ccc(Br)cc2)c1. The third-order valence-electron chi connectivity index (χ3n) is 3.36. The second kappa shape index (κ2) is 7.04. The van der Waals surface area contributed by atoms with E-state index in [0.29, 0.717) is 12.2 Å². The van der Waals surface area contributed by atoms with Gasteiger partial charge in [0.15, 0.2) is 6.29 Å². The Balaban J connectivity index is 1.60. The van der Waals surface area contributed by atoms with Crippen molar-refractivity contribution in [3.63, 3.8) is 0 Å². The minimum absolute atomic E-state index is 0.336. The lowest BCUT2D eigenvalue weighted by Gasteiger charge is -2.21. The summed E-state index contributed by atoms with van der Waals surface area (Å²) in [6.45, 7) is 0.669. The number of benzene rings is 1. The molecule has 22 heavy (non-hydrogen) atoms. The number of rotatable bonds is 4. The molecule has 116 valence electrons. The van der Waals surface area contributed by atoms with E-state index in [2.05, 4.69) is 26.5 Å². The molecule has 1 amide bonds. The van der Waals surface area contributed by atoms with Gasteiger partial charge in [0.1, 0.15) is 0 Å². The van der Waals surface area contributed by atoms with Gasteiger partial charge < -0.3 is 4.74 Å². The van der Waals surface area contributed by atoms with E-state index >= 15 is 0 Å². The van der Waals surface area contributed by atoms with Gasteiger partial charge in [-0.1, -0.05) is 15.9 Å². The van der Waals surface area contributed by atoms with Crippen molar-refractivity contribution in [2.24, 2.45) is 0 Å². The smallest absolute Gasteiger partial charge is 0.278 e. The molecule has 0 radical (unpaired) electrons. The van der Waals surface area contributed by atoms with Crippen molar-refractivity contribution in [2.75, 3.05) is 6.61 Å². The molecule has 1 aliphatic rings. The normalized spacial score (nSPS) is 18.1. The summed E-state index contributed by atoms with van der Waals surface area (Å²) in [6.07, 6.45) is 5.67. The highest BCUT2D eigenvalue weighted by molar-refractivity contribution is 9.10. The van der Waals surface area contributed by atoms with Crippen LogP contribution in [0.25, 0.3) is 5.69 Å². The lowest BCUT2D eigenvalue weighted by molar-refractivity contribution is -0.186. The molecule has 1 aromatic carbocycles. The molecule has 0 saturated carbocycles. The molecule has 1 aliphatic heterocycles. The molecule has 1 aromatic heterocycles. The summed E-state index contributed by atoms with van der Waals surface area (Å²) in [7, 11) is 0. The summed E-state index contributed by atoms with van der Waals surface area (Å²) in [4.78, 5) is 17.3. The van der Waals surface area contributed by atoms with Crippen molar-refractivity contribution in [3.05, 3.63) is 46.7 Å². The predicted octanol–water partition coefficient (Wildman–Crippen LogP) is 2.82. The van der Waals surface area contributed by atoms with Crippen LogP contribution >= 0.6 is 15.9 Å². The van der Waals surface area contributed by atoms with Crippen molar-refractivity contribution in [2.45, 2.75) is 25.6 Å². The van der Waals surface area contributed by atoms with E-state index < -0.39 is 0 Å². The molecule has 1 atom stereocenters. The van der Waals surface area contributed by atoms with Crippen LogP contribution in [0, 0.1) is 0 Å². The van der Waals surface area contributed by atoms with Crippen molar-refractivity contribution in [3.8, 4) is 5.69 Å². The highest BCUT2D eigenvalue weighted by atomic mass is 79.9. The number of hydrogen-bond donors (Lipinski definition) is 1. The third kappa shape index (κ3) is 3.73. The Morgan fingerprint density at radius 3 is 2.91 bits per heavy atom. The van der Waals surface area contributed by atoms with E-state index in [4.69, 9.17) is 9.57 Å². The maximum Gasteiger partial charge on any atom is 0.278 e. The fourth-order valence-electron chi connectivity index (χ4n) is 2.16. The monoisotopic (exact) mass is 365 g/mol. The Labute approximate surface area is 136 Å². The first-order valence-electron chi connectivity index (χ1n) is 7.10. The van der Waals surface area contributed by atoms with E-state index in [1.165, 1.54) is 6.20 Å². The number of nitrogens with one attached hydrogen (secondary N) is 1. The van der Waals surface area contributed by atoms with Crippen LogP contribution in [0.3, 0.4) is 0 Å². The zero-order chi connectivity index (χ0) is 15.4. The molecule has 3 rings (SSSR count). The summed E-state index contributed by atoms with van der Waals surface area (Å²) >= 11 is 3.38. The van der Waals surface area contributed by atoms with E-state index in [1.807, 2.05) is 24.3 Å². The van der Waals surface area contributed by atoms with Crippen LogP contribution < -0.4 is 5.48 Å². The number of nitrogens with zero attached hydrogens (tertiary/aromatic N) is 2. The van der Waals surface area contributed by atoms with Crippen LogP contribution in [-0.4, -0.2) is 28.6 Å². The summed E-state index contributed by atoms with van der Waals surface area (Å²) in [5, 5.41) is 4.19. The van der Waals surface area contributed by atoms with Crippen molar-refractivity contribution < 1.29 is 14.4 Å². The summed E-state index contributed by atoms with van der Waals surface area (Å²) in [6, 6.07) is 7.65. The zero-order valence-corrected chi connectivity index (χ0v) is 13.5. The van der Waals surface area contributed by atoms with Gasteiger partial charge in [0.2, 0.25) is 0 Å². The van der Waals surface area contributed by atoms with Crippen LogP contribution in [0.2, 0.25) is 0 Å². The highest BCUT2D eigenvalue weighted by Gasteiger charge is 2.17. The second-order valence-corrected chi connectivity index (χ2v) is 5.91. The zero-order valence-electron chi connectivity index (χ0n) is 11.9. The van der Waals surface area contributed by atoms with Gasteiger partial charge in [-0.2, -0.15) is 5.10 Å². The minimum atomic E-state index is -0.362. The summed E-state index contributed by atoms with van der Waals surface area (Å²) in [5.41, 5.74) is 3.72. The quantitative estimate of drug-likeness (QED) is 0.846. The molecular weight excluding hydrogens is 350 g/mol.